The monoisotopic (exact) mass is 243 g/mol. The molecule has 0 rings (SSSR count). The molecule has 17 heavy (non-hydrogen) atoms. The van der Waals surface area contributed by atoms with E-state index in [9.17, 15) is 0 Å². The van der Waals surface area contributed by atoms with E-state index in [1.165, 1.54) is 12.8 Å². The van der Waals surface area contributed by atoms with Crippen LogP contribution in [0.25, 0.3) is 0 Å². The van der Waals surface area contributed by atoms with Crippen LogP contribution in [-0.4, -0.2) is 37.7 Å². The molecular formula is C15H33NO. The van der Waals surface area contributed by atoms with Gasteiger partial charge in [0.05, 0.1) is 12.2 Å². The number of nitrogens with zero attached hydrogens (tertiary/aromatic N) is 1. The normalized spacial score (nSPS) is 15.4. The SMILES string of the molecule is CN(C)CC(CCC(C)(C)C)COC(C)(C)C. The summed E-state index contributed by atoms with van der Waals surface area (Å²) >= 11 is 0. The molecule has 0 saturated heterocycles. The first-order chi connectivity index (χ1) is 7.49. The van der Waals surface area contributed by atoms with Gasteiger partial charge in [-0.05, 0) is 59.0 Å². The maximum Gasteiger partial charge on any atom is 0.0598 e. The fourth-order valence-corrected chi connectivity index (χ4v) is 1.75. The van der Waals surface area contributed by atoms with E-state index in [1.807, 2.05) is 0 Å². The molecule has 2 nitrogen and oxygen atoms in total. The lowest BCUT2D eigenvalue weighted by atomic mass is 9.86. The van der Waals surface area contributed by atoms with Crippen molar-refractivity contribution in [2.45, 2.75) is 60.0 Å². The summed E-state index contributed by atoms with van der Waals surface area (Å²) in [6.45, 7) is 15.3. The van der Waals surface area contributed by atoms with Crippen molar-refractivity contribution in [2.24, 2.45) is 11.3 Å². The number of hydrogen-bond donors (Lipinski definition) is 0. The Morgan fingerprint density at radius 1 is 1.00 bits per heavy atom. The summed E-state index contributed by atoms with van der Waals surface area (Å²) in [5, 5.41) is 0. The molecule has 0 N–H and O–H groups in total. The lowest BCUT2D eigenvalue weighted by Gasteiger charge is -2.28. The summed E-state index contributed by atoms with van der Waals surface area (Å²) < 4.78 is 5.93. The average molecular weight is 243 g/mol. The highest BCUT2D eigenvalue weighted by Crippen LogP contribution is 2.24. The van der Waals surface area contributed by atoms with Crippen LogP contribution in [0.3, 0.4) is 0 Å². The first-order valence-corrected chi connectivity index (χ1v) is 6.78. The topological polar surface area (TPSA) is 12.5 Å². The van der Waals surface area contributed by atoms with Crippen LogP contribution >= 0.6 is 0 Å². The highest BCUT2D eigenvalue weighted by molar-refractivity contribution is 4.70. The van der Waals surface area contributed by atoms with Crippen molar-refractivity contribution in [2.75, 3.05) is 27.2 Å². The highest BCUT2D eigenvalue weighted by Gasteiger charge is 2.19. The molecule has 0 spiro atoms. The summed E-state index contributed by atoms with van der Waals surface area (Å²) in [5.41, 5.74) is 0.401. The average Bonchev–Trinajstić information content (AvgIpc) is 2.06. The molecule has 0 aromatic heterocycles. The van der Waals surface area contributed by atoms with Gasteiger partial charge in [-0.1, -0.05) is 20.8 Å². The third-order valence-corrected chi connectivity index (χ3v) is 2.68. The molecule has 1 atom stereocenters. The summed E-state index contributed by atoms with van der Waals surface area (Å²) in [6.07, 6.45) is 2.51. The van der Waals surface area contributed by atoms with Crippen molar-refractivity contribution in [3.63, 3.8) is 0 Å². The maximum absolute atomic E-state index is 5.93. The molecule has 0 amide bonds. The standard InChI is InChI=1S/C15H33NO/c1-14(2,3)10-9-13(11-16(7)8)12-17-15(4,5)6/h13H,9-12H2,1-8H3. The Hall–Kier alpha value is -0.0800. The minimum absolute atomic E-state index is 0.0215. The molecule has 0 saturated carbocycles. The molecule has 0 heterocycles. The lowest BCUT2D eigenvalue weighted by Crippen LogP contribution is -2.30. The Bertz CT molecular complexity index is 180. The van der Waals surface area contributed by atoms with Crippen LogP contribution in [0.4, 0.5) is 0 Å². The summed E-state index contributed by atoms with van der Waals surface area (Å²) in [5.74, 6) is 0.642. The molecule has 0 aliphatic heterocycles. The molecule has 104 valence electrons. The molecular weight excluding hydrogens is 210 g/mol. The van der Waals surface area contributed by atoms with Crippen LogP contribution in [0.15, 0.2) is 0 Å². The zero-order chi connectivity index (χ0) is 13.7. The van der Waals surface area contributed by atoms with E-state index in [1.54, 1.807) is 0 Å². The van der Waals surface area contributed by atoms with Crippen molar-refractivity contribution in [3.05, 3.63) is 0 Å². The quantitative estimate of drug-likeness (QED) is 0.703. The van der Waals surface area contributed by atoms with Crippen LogP contribution in [0.5, 0.6) is 0 Å². The lowest BCUT2D eigenvalue weighted by molar-refractivity contribution is -0.0284. The molecule has 0 aromatic rings. The fourth-order valence-electron chi connectivity index (χ4n) is 1.75. The van der Waals surface area contributed by atoms with E-state index < -0.39 is 0 Å². The van der Waals surface area contributed by atoms with Crippen LogP contribution in [0.1, 0.15) is 54.4 Å². The van der Waals surface area contributed by atoms with Gasteiger partial charge in [0.15, 0.2) is 0 Å². The van der Waals surface area contributed by atoms with Crippen LogP contribution < -0.4 is 0 Å². The Labute approximate surface area is 109 Å². The van der Waals surface area contributed by atoms with E-state index in [2.05, 4.69) is 60.5 Å². The smallest absolute Gasteiger partial charge is 0.0598 e. The molecule has 0 aliphatic carbocycles. The first kappa shape index (κ1) is 16.9. The molecule has 0 radical (unpaired) electrons. The Morgan fingerprint density at radius 3 is 1.88 bits per heavy atom. The summed E-state index contributed by atoms with van der Waals surface area (Å²) in [7, 11) is 4.28. The van der Waals surface area contributed by atoms with E-state index in [0.29, 0.717) is 11.3 Å². The molecule has 1 unspecified atom stereocenters. The maximum atomic E-state index is 5.93. The Morgan fingerprint density at radius 2 is 1.53 bits per heavy atom. The van der Waals surface area contributed by atoms with E-state index in [-0.39, 0.29) is 5.60 Å². The second kappa shape index (κ2) is 6.75. The van der Waals surface area contributed by atoms with Gasteiger partial charge in [0.25, 0.3) is 0 Å². The number of hydrogen-bond acceptors (Lipinski definition) is 2. The van der Waals surface area contributed by atoms with E-state index in [4.69, 9.17) is 4.74 Å². The molecule has 0 fully saturated rings. The second-order valence-electron chi connectivity index (χ2n) is 7.65. The summed E-state index contributed by atoms with van der Waals surface area (Å²) in [4.78, 5) is 2.26. The van der Waals surface area contributed by atoms with Gasteiger partial charge >= 0.3 is 0 Å². The van der Waals surface area contributed by atoms with Gasteiger partial charge < -0.3 is 9.64 Å². The van der Waals surface area contributed by atoms with Crippen molar-refractivity contribution in [1.29, 1.82) is 0 Å². The predicted molar refractivity (Wildman–Crippen MR) is 76.4 cm³/mol. The minimum Gasteiger partial charge on any atom is -0.376 e. The minimum atomic E-state index is -0.0215. The van der Waals surface area contributed by atoms with Crippen LogP contribution in [0, 0.1) is 11.3 Å². The van der Waals surface area contributed by atoms with Gasteiger partial charge in [0.2, 0.25) is 0 Å². The van der Waals surface area contributed by atoms with Crippen molar-refractivity contribution in [3.8, 4) is 0 Å². The third kappa shape index (κ3) is 12.2. The Balaban J connectivity index is 4.15. The molecule has 2 heteroatoms. The summed E-state index contributed by atoms with van der Waals surface area (Å²) in [6, 6.07) is 0. The van der Waals surface area contributed by atoms with E-state index >= 15 is 0 Å². The zero-order valence-corrected chi connectivity index (χ0v) is 13.3. The highest BCUT2D eigenvalue weighted by atomic mass is 16.5. The largest absolute Gasteiger partial charge is 0.376 e. The number of ether oxygens (including phenoxy) is 1. The van der Waals surface area contributed by atoms with Gasteiger partial charge in [-0.15, -0.1) is 0 Å². The zero-order valence-electron chi connectivity index (χ0n) is 13.3. The van der Waals surface area contributed by atoms with Crippen molar-refractivity contribution >= 4 is 0 Å². The first-order valence-electron chi connectivity index (χ1n) is 6.78. The van der Waals surface area contributed by atoms with Crippen LogP contribution in [0.2, 0.25) is 0 Å². The van der Waals surface area contributed by atoms with Crippen molar-refractivity contribution < 1.29 is 4.74 Å². The van der Waals surface area contributed by atoms with Gasteiger partial charge in [0.1, 0.15) is 0 Å². The molecule has 0 aliphatic rings. The van der Waals surface area contributed by atoms with Gasteiger partial charge in [-0.2, -0.15) is 0 Å². The van der Waals surface area contributed by atoms with E-state index in [0.717, 1.165) is 13.2 Å². The molecule has 0 aromatic carbocycles. The third-order valence-electron chi connectivity index (χ3n) is 2.68. The van der Waals surface area contributed by atoms with Crippen molar-refractivity contribution in [1.82, 2.24) is 4.90 Å². The van der Waals surface area contributed by atoms with Gasteiger partial charge in [-0.3, -0.25) is 0 Å². The Kier molecular flexibility index (Phi) is 6.71. The van der Waals surface area contributed by atoms with Gasteiger partial charge in [0, 0.05) is 6.54 Å². The second-order valence-corrected chi connectivity index (χ2v) is 7.65. The predicted octanol–water partition coefficient (Wildman–Crippen LogP) is 3.81. The fraction of sp³-hybridized carbons (Fsp3) is 1.00. The van der Waals surface area contributed by atoms with Crippen LogP contribution in [-0.2, 0) is 4.74 Å². The molecule has 0 bridgehead atoms. The number of rotatable bonds is 6. The van der Waals surface area contributed by atoms with Gasteiger partial charge in [-0.25, -0.2) is 0 Å².